The predicted octanol–water partition coefficient (Wildman–Crippen LogP) is 2.97. The smallest absolute Gasteiger partial charge is 0.0414 e. The Bertz CT molecular complexity index is 332. The Balaban J connectivity index is 2.35. The SMILES string of the molecule is Cc1ccccc1C1(N)CCC(C)C1. The Hall–Kier alpha value is -0.820. The van der Waals surface area contributed by atoms with E-state index in [4.69, 9.17) is 5.73 Å². The molecule has 0 heterocycles. The van der Waals surface area contributed by atoms with E-state index in [-0.39, 0.29) is 5.54 Å². The minimum Gasteiger partial charge on any atom is -0.321 e. The molecule has 1 aliphatic carbocycles. The summed E-state index contributed by atoms with van der Waals surface area (Å²) >= 11 is 0. The van der Waals surface area contributed by atoms with Crippen LogP contribution < -0.4 is 5.73 Å². The molecule has 0 spiro atoms. The lowest BCUT2D eigenvalue weighted by Gasteiger charge is -2.26. The number of hydrogen-bond acceptors (Lipinski definition) is 1. The topological polar surface area (TPSA) is 26.0 Å². The van der Waals surface area contributed by atoms with Crippen molar-refractivity contribution in [2.75, 3.05) is 0 Å². The summed E-state index contributed by atoms with van der Waals surface area (Å²) in [6, 6.07) is 8.53. The van der Waals surface area contributed by atoms with E-state index in [0.29, 0.717) is 0 Å². The van der Waals surface area contributed by atoms with Crippen LogP contribution in [0.1, 0.15) is 37.3 Å². The van der Waals surface area contributed by atoms with Gasteiger partial charge < -0.3 is 5.73 Å². The normalized spacial score (nSPS) is 32.1. The van der Waals surface area contributed by atoms with Gasteiger partial charge in [0.15, 0.2) is 0 Å². The molecular formula is C13H19N. The van der Waals surface area contributed by atoms with E-state index in [9.17, 15) is 0 Å². The van der Waals surface area contributed by atoms with Crippen molar-refractivity contribution in [1.29, 1.82) is 0 Å². The molecule has 0 aliphatic heterocycles. The second-order valence-electron chi connectivity index (χ2n) is 4.82. The van der Waals surface area contributed by atoms with Gasteiger partial charge in [0.1, 0.15) is 0 Å². The van der Waals surface area contributed by atoms with Crippen LogP contribution in [0.15, 0.2) is 24.3 Å². The summed E-state index contributed by atoms with van der Waals surface area (Å²) in [6.45, 7) is 4.46. The number of benzene rings is 1. The van der Waals surface area contributed by atoms with Crippen LogP contribution >= 0.6 is 0 Å². The Morgan fingerprint density at radius 3 is 2.64 bits per heavy atom. The summed E-state index contributed by atoms with van der Waals surface area (Å²) in [4.78, 5) is 0. The monoisotopic (exact) mass is 189 g/mol. The third-order valence-electron chi connectivity index (χ3n) is 3.48. The highest BCUT2D eigenvalue weighted by Crippen LogP contribution is 2.40. The van der Waals surface area contributed by atoms with Gasteiger partial charge in [-0.3, -0.25) is 0 Å². The van der Waals surface area contributed by atoms with Gasteiger partial charge in [-0.05, 0) is 43.2 Å². The van der Waals surface area contributed by atoms with Gasteiger partial charge in [0.05, 0.1) is 0 Å². The lowest BCUT2D eigenvalue weighted by atomic mass is 9.86. The molecule has 0 saturated heterocycles. The summed E-state index contributed by atoms with van der Waals surface area (Å²) in [6.07, 6.45) is 3.54. The van der Waals surface area contributed by atoms with Gasteiger partial charge in [-0.1, -0.05) is 31.2 Å². The molecule has 1 saturated carbocycles. The Kier molecular flexibility index (Phi) is 2.36. The van der Waals surface area contributed by atoms with Crippen LogP contribution in [-0.4, -0.2) is 0 Å². The summed E-state index contributed by atoms with van der Waals surface area (Å²) in [5, 5.41) is 0. The summed E-state index contributed by atoms with van der Waals surface area (Å²) in [5.74, 6) is 0.777. The first-order valence-corrected chi connectivity index (χ1v) is 5.47. The maximum Gasteiger partial charge on any atom is 0.0414 e. The van der Waals surface area contributed by atoms with Crippen molar-refractivity contribution in [1.82, 2.24) is 0 Å². The summed E-state index contributed by atoms with van der Waals surface area (Å²) in [7, 11) is 0. The van der Waals surface area contributed by atoms with Crippen LogP contribution in [0.3, 0.4) is 0 Å². The Labute approximate surface area is 86.3 Å². The molecule has 14 heavy (non-hydrogen) atoms. The molecule has 1 aliphatic rings. The molecule has 2 N–H and O–H groups in total. The fourth-order valence-corrected chi connectivity index (χ4v) is 2.71. The van der Waals surface area contributed by atoms with Crippen molar-refractivity contribution in [3.63, 3.8) is 0 Å². The van der Waals surface area contributed by atoms with E-state index in [1.54, 1.807) is 0 Å². The van der Waals surface area contributed by atoms with Crippen molar-refractivity contribution in [2.45, 2.75) is 38.6 Å². The number of aryl methyl sites for hydroxylation is 1. The summed E-state index contributed by atoms with van der Waals surface area (Å²) < 4.78 is 0. The first kappa shape index (κ1) is 9.72. The van der Waals surface area contributed by atoms with Crippen LogP contribution in [-0.2, 0) is 5.54 Å². The minimum atomic E-state index is -0.0508. The average Bonchev–Trinajstić information content (AvgIpc) is 2.48. The molecule has 0 bridgehead atoms. The van der Waals surface area contributed by atoms with Gasteiger partial charge in [-0.15, -0.1) is 0 Å². The van der Waals surface area contributed by atoms with Gasteiger partial charge in [0.2, 0.25) is 0 Å². The Morgan fingerprint density at radius 2 is 2.07 bits per heavy atom. The van der Waals surface area contributed by atoms with Crippen LogP contribution in [0, 0.1) is 12.8 Å². The summed E-state index contributed by atoms with van der Waals surface area (Å²) in [5.41, 5.74) is 9.11. The fourth-order valence-electron chi connectivity index (χ4n) is 2.71. The zero-order valence-electron chi connectivity index (χ0n) is 9.09. The Morgan fingerprint density at radius 1 is 1.36 bits per heavy atom. The molecule has 1 aromatic rings. The molecule has 2 atom stereocenters. The highest BCUT2D eigenvalue weighted by molar-refractivity contribution is 5.33. The molecule has 1 nitrogen and oxygen atoms in total. The molecule has 2 unspecified atom stereocenters. The van der Waals surface area contributed by atoms with E-state index in [0.717, 1.165) is 18.8 Å². The maximum absolute atomic E-state index is 6.47. The van der Waals surface area contributed by atoms with Gasteiger partial charge in [0, 0.05) is 5.54 Å². The number of hydrogen-bond donors (Lipinski definition) is 1. The highest BCUT2D eigenvalue weighted by atomic mass is 14.8. The maximum atomic E-state index is 6.47. The first-order valence-electron chi connectivity index (χ1n) is 5.47. The third-order valence-corrected chi connectivity index (χ3v) is 3.48. The minimum absolute atomic E-state index is 0.0508. The van der Waals surface area contributed by atoms with Gasteiger partial charge in [0.25, 0.3) is 0 Å². The quantitative estimate of drug-likeness (QED) is 0.722. The molecule has 76 valence electrons. The van der Waals surface area contributed by atoms with Gasteiger partial charge >= 0.3 is 0 Å². The second kappa shape index (κ2) is 3.39. The van der Waals surface area contributed by atoms with Crippen molar-refractivity contribution in [3.05, 3.63) is 35.4 Å². The standard InChI is InChI=1S/C13H19N/c1-10-7-8-13(14,9-10)12-6-4-3-5-11(12)2/h3-6,10H,7-9,14H2,1-2H3. The highest BCUT2D eigenvalue weighted by Gasteiger charge is 2.35. The average molecular weight is 189 g/mol. The van der Waals surface area contributed by atoms with Gasteiger partial charge in [-0.25, -0.2) is 0 Å². The first-order chi connectivity index (χ1) is 6.62. The number of nitrogens with two attached hydrogens (primary N) is 1. The van der Waals surface area contributed by atoms with E-state index in [2.05, 4.69) is 38.1 Å². The van der Waals surface area contributed by atoms with Crippen LogP contribution in [0.25, 0.3) is 0 Å². The zero-order chi connectivity index (χ0) is 10.2. The van der Waals surface area contributed by atoms with Crippen molar-refractivity contribution in [2.24, 2.45) is 11.7 Å². The largest absolute Gasteiger partial charge is 0.321 e. The van der Waals surface area contributed by atoms with E-state index in [1.165, 1.54) is 17.5 Å². The molecule has 0 amide bonds. The molecule has 1 aromatic carbocycles. The molecule has 0 radical (unpaired) electrons. The molecule has 0 aromatic heterocycles. The van der Waals surface area contributed by atoms with Gasteiger partial charge in [-0.2, -0.15) is 0 Å². The molecule has 1 heteroatoms. The van der Waals surface area contributed by atoms with E-state index < -0.39 is 0 Å². The van der Waals surface area contributed by atoms with E-state index in [1.807, 2.05) is 0 Å². The van der Waals surface area contributed by atoms with Crippen LogP contribution in [0.4, 0.5) is 0 Å². The molecule has 1 fully saturated rings. The van der Waals surface area contributed by atoms with Crippen molar-refractivity contribution >= 4 is 0 Å². The molecule has 2 rings (SSSR count). The number of rotatable bonds is 1. The lowest BCUT2D eigenvalue weighted by Crippen LogP contribution is -2.34. The van der Waals surface area contributed by atoms with Crippen molar-refractivity contribution in [3.8, 4) is 0 Å². The predicted molar refractivity (Wildman–Crippen MR) is 60.1 cm³/mol. The van der Waals surface area contributed by atoms with Crippen molar-refractivity contribution < 1.29 is 0 Å². The van der Waals surface area contributed by atoms with Crippen LogP contribution in [0.5, 0.6) is 0 Å². The second-order valence-corrected chi connectivity index (χ2v) is 4.82. The zero-order valence-corrected chi connectivity index (χ0v) is 9.09. The van der Waals surface area contributed by atoms with E-state index >= 15 is 0 Å². The van der Waals surface area contributed by atoms with Crippen LogP contribution in [0.2, 0.25) is 0 Å². The lowest BCUT2D eigenvalue weighted by molar-refractivity contribution is 0.438. The molecular weight excluding hydrogens is 170 g/mol. The fraction of sp³-hybridized carbons (Fsp3) is 0.538. The third kappa shape index (κ3) is 1.57.